The Morgan fingerprint density at radius 1 is 1.00 bits per heavy atom. The molecule has 104 valence electrons. The van der Waals surface area contributed by atoms with Crippen LogP contribution in [0, 0.1) is 5.82 Å². The molecule has 0 amide bonds. The maximum absolute atomic E-state index is 14.1. The number of halogens is 2. The van der Waals surface area contributed by atoms with Crippen LogP contribution in [0.5, 0.6) is 0 Å². The van der Waals surface area contributed by atoms with Crippen molar-refractivity contribution in [2.45, 2.75) is 16.1 Å². The lowest BCUT2D eigenvalue weighted by Gasteiger charge is -2.15. The van der Waals surface area contributed by atoms with Gasteiger partial charge in [0.25, 0.3) is 0 Å². The van der Waals surface area contributed by atoms with E-state index in [1.54, 1.807) is 6.07 Å². The van der Waals surface area contributed by atoms with Crippen molar-refractivity contribution in [1.82, 2.24) is 0 Å². The van der Waals surface area contributed by atoms with Crippen molar-refractivity contribution < 1.29 is 13.9 Å². The van der Waals surface area contributed by atoms with Gasteiger partial charge in [0.1, 0.15) is 5.82 Å². The Bertz CT molecular complexity index is 615. The normalized spacial score (nSPS) is 15.7. The van der Waals surface area contributed by atoms with Crippen molar-refractivity contribution >= 4 is 23.4 Å². The zero-order valence-electron chi connectivity index (χ0n) is 10.5. The molecule has 1 fully saturated rings. The van der Waals surface area contributed by atoms with Crippen LogP contribution in [0.15, 0.2) is 52.3 Å². The van der Waals surface area contributed by atoms with Crippen molar-refractivity contribution in [3.63, 3.8) is 0 Å². The minimum atomic E-state index is -0.638. The Morgan fingerprint density at radius 2 is 1.70 bits per heavy atom. The summed E-state index contributed by atoms with van der Waals surface area (Å²) >= 11 is 7.56. The van der Waals surface area contributed by atoms with Crippen molar-refractivity contribution in [1.29, 1.82) is 0 Å². The fourth-order valence-corrected chi connectivity index (χ4v) is 3.26. The van der Waals surface area contributed by atoms with Crippen LogP contribution in [-0.2, 0) is 9.47 Å². The van der Waals surface area contributed by atoms with E-state index in [0.29, 0.717) is 23.8 Å². The van der Waals surface area contributed by atoms with Gasteiger partial charge in [0.2, 0.25) is 0 Å². The lowest BCUT2D eigenvalue weighted by molar-refractivity contribution is -0.0484. The molecule has 0 spiro atoms. The summed E-state index contributed by atoms with van der Waals surface area (Å²) in [5.74, 6) is -0.325. The average Bonchev–Trinajstić information content (AvgIpc) is 2.95. The van der Waals surface area contributed by atoms with E-state index in [4.69, 9.17) is 21.1 Å². The molecule has 0 bridgehead atoms. The first-order chi connectivity index (χ1) is 9.75. The Kier molecular flexibility index (Phi) is 4.27. The van der Waals surface area contributed by atoms with Crippen LogP contribution in [0.4, 0.5) is 4.39 Å². The third-order valence-corrected chi connectivity index (χ3v) is 4.52. The fourth-order valence-electron chi connectivity index (χ4n) is 2.01. The first-order valence-electron chi connectivity index (χ1n) is 6.20. The lowest BCUT2D eigenvalue weighted by atomic mass is 10.2. The van der Waals surface area contributed by atoms with Gasteiger partial charge in [-0.25, -0.2) is 4.39 Å². The monoisotopic (exact) mass is 310 g/mol. The van der Waals surface area contributed by atoms with Crippen molar-refractivity contribution in [3.05, 3.63) is 58.9 Å². The van der Waals surface area contributed by atoms with E-state index in [9.17, 15) is 4.39 Å². The zero-order valence-corrected chi connectivity index (χ0v) is 12.1. The number of benzene rings is 2. The minimum Gasteiger partial charge on any atom is -0.346 e. The Hall–Kier alpha value is -1.07. The van der Waals surface area contributed by atoms with E-state index < -0.39 is 6.29 Å². The molecule has 1 aliphatic rings. The molecular weight excluding hydrogens is 299 g/mol. The second kappa shape index (κ2) is 6.14. The third-order valence-electron chi connectivity index (χ3n) is 2.93. The highest BCUT2D eigenvalue weighted by atomic mass is 35.5. The summed E-state index contributed by atoms with van der Waals surface area (Å²) in [6.45, 7) is 0.963. The first kappa shape index (κ1) is 13.9. The molecule has 1 heterocycles. The number of hydrogen-bond acceptors (Lipinski definition) is 3. The van der Waals surface area contributed by atoms with Gasteiger partial charge in [-0.05, 0) is 24.3 Å². The molecule has 0 saturated carbocycles. The smallest absolute Gasteiger partial charge is 0.187 e. The minimum absolute atomic E-state index is 0.325. The highest BCUT2D eigenvalue weighted by molar-refractivity contribution is 7.99. The Morgan fingerprint density at radius 3 is 2.45 bits per heavy atom. The predicted octanol–water partition coefficient (Wildman–Crippen LogP) is 4.68. The predicted molar refractivity (Wildman–Crippen MR) is 76.6 cm³/mol. The van der Waals surface area contributed by atoms with Gasteiger partial charge in [-0.2, -0.15) is 0 Å². The van der Waals surface area contributed by atoms with Crippen LogP contribution in [0.25, 0.3) is 0 Å². The fraction of sp³-hybridized carbons (Fsp3) is 0.200. The van der Waals surface area contributed by atoms with E-state index in [1.165, 1.54) is 17.8 Å². The maximum Gasteiger partial charge on any atom is 0.187 e. The molecule has 0 unspecified atom stereocenters. The summed E-state index contributed by atoms with van der Waals surface area (Å²) in [6.07, 6.45) is -0.638. The van der Waals surface area contributed by atoms with Crippen LogP contribution in [-0.4, -0.2) is 13.2 Å². The molecule has 0 N–H and O–H groups in total. The van der Waals surface area contributed by atoms with Gasteiger partial charge in [-0.1, -0.05) is 41.6 Å². The molecule has 2 aromatic rings. The summed E-state index contributed by atoms with van der Waals surface area (Å²) in [5, 5.41) is 0.640. The van der Waals surface area contributed by atoms with Crippen molar-refractivity contribution in [2.75, 3.05) is 13.2 Å². The van der Waals surface area contributed by atoms with E-state index in [-0.39, 0.29) is 5.82 Å². The highest BCUT2D eigenvalue weighted by Crippen LogP contribution is 2.39. The lowest BCUT2D eigenvalue weighted by Crippen LogP contribution is -2.03. The van der Waals surface area contributed by atoms with E-state index in [2.05, 4.69) is 0 Å². The molecule has 0 aliphatic carbocycles. The van der Waals surface area contributed by atoms with Gasteiger partial charge in [0.05, 0.1) is 23.8 Å². The third kappa shape index (κ3) is 2.83. The van der Waals surface area contributed by atoms with Gasteiger partial charge >= 0.3 is 0 Å². The summed E-state index contributed by atoms with van der Waals surface area (Å²) in [5.41, 5.74) is 0.440. The molecule has 20 heavy (non-hydrogen) atoms. The van der Waals surface area contributed by atoms with Gasteiger partial charge < -0.3 is 9.47 Å². The second-order valence-corrected chi connectivity index (χ2v) is 5.75. The van der Waals surface area contributed by atoms with Crippen molar-refractivity contribution in [3.8, 4) is 0 Å². The van der Waals surface area contributed by atoms with Gasteiger partial charge in [0.15, 0.2) is 6.29 Å². The number of hydrogen-bond donors (Lipinski definition) is 0. The number of ether oxygens (including phenoxy) is 2. The summed E-state index contributed by atoms with van der Waals surface area (Å²) in [4.78, 5) is 1.63. The van der Waals surface area contributed by atoms with Gasteiger partial charge in [0, 0.05) is 9.79 Å². The van der Waals surface area contributed by atoms with E-state index in [0.717, 1.165) is 9.79 Å². The quantitative estimate of drug-likeness (QED) is 0.820. The van der Waals surface area contributed by atoms with Crippen LogP contribution < -0.4 is 0 Å². The summed E-state index contributed by atoms with van der Waals surface area (Å²) in [6, 6.07) is 12.4. The standard InChI is InChI=1S/C15H12ClFO2S/c16-10-4-1-2-6-12(10)20-13-7-3-5-11(17)14(13)15-18-8-9-19-15/h1-7,15H,8-9H2. The van der Waals surface area contributed by atoms with Gasteiger partial charge in [-0.15, -0.1) is 0 Å². The van der Waals surface area contributed by atoms with Crippen LogP contribution in [0.1, 0.15) is 11.9 Å². The molecule has 1 saturated heterocycles. The Labute approximate surface area is 125 Å². The highest BCUT2D eigenvalue weighted by Gasteiger charge is 2.25. The largest absolute Gasteiger partial charge is 0.346 e. The summed E-state index contributed by atoms with van der Waals surface area (Å²) in [7, 11) is 0. The van der Waals surface area contributed by atoms with Crippen molar-refractivity contribution in [2.24, 2.45) is 0 Å². The second-order valence-electron chi connectivity index (χ2n) is 4.26. The zero-order chi connectivity index (χ0) is 13.9. The molecule has 1 aliphatic heterocycles. The van der Waals surface area contributed by atoms with E-state index in [1.807, 2.05) is 30.3 Å². The molecule has 2 nitrogen and oxygen atoms in total. The molecule has 5 heteroatoms. The molecule has 2 aromatic carbocycles. The van der Waals surface area contributed by atoms with E-state index >= 15 is 0 Å². The topological polar surface area (TPSA) is 18.5 Å². The van der Waals surface area contributed by atoms with Crippen LogP contribution in [0.3, 0.4) is 0 Å². The maximum atomic E-state index is 14.1. The average molecular weight is 311 g/mol. The van der Waals surface area contributed by atoms with Crippen LogP contribution in [0.2, 0.25) is 5.02 Å². The van der Waals surface area contributed by atoms with Crippen LogP contribution >= 0.6 is 23.4 Å². The molecule has 3 rings (SSSR count). The summed E-state index contributed by atoms with van der Waals surface area (Å²) < 4.78 is 24.9. The Balaban J connectivity index is 1.97. The molecular formula is C15H12ClFO2S. The molecule has 0 radical (unpaired) electrons. The first-order valence-corrected chi connectivity index (χ1v) is 7.39. The number of rotatable bonds is 3. The molecule has 0 aromatic heterocycles. The SMILES string of the molecule is Fc1cccc(Sc2ccccc2Cl)c1C1OCCO1. The molecule has 0 atom stereocenters. The van der Waals surface area contributed by atoms with Gasteiger partial charge in [-0.3, -0.25) is 0 Å².